The van der Waals surface area contributed by atoms with E-state index in [2.05, 4.69) is 49.9 Å². The fraction of sp³-hybridized carbons (Fsp3) is 0.412. The van der Waals surface area contributed by atoms with E-state index in [1.807, 2.05) is 6.08 Å². The minimum atomic E-state index is 0.497. The monoisotopic (exact) mass is 308 g/mol. The Morgan fingerprint density at radius 2 is 1.94 bits per heavy atom. The van der Waals surface area contributed by atoms with Crippen molar-refractivity contribution in [2.24, 2.45) is 0 Å². The van der Waals surface area contributed by atoms with Crippen LogP contribution in [0.3, 0.4) is 0 Å². The van der Waals surface area contributed by atoms with Crippen LogP contribution in [0.15, 0.2) is 53.5 Å². The first-order valence-electron chi connectivity index (χ1n) is 6.89. The van der Waals surface area contributed by atoms with Crippen LogP contribution in [0, 0.1) is 0 Å². The first-order valence-corrected chi connectivity index (χ1v) is 8.61. The molecule has 0 N–H and O–H groups in total. The maximum absolute atomic E-state index is 3.81. The summed E-state index contributed by atoms with van der Waals surface area (Å²) < 4.78 is 3.11. The number of rotatable bonds is 9. The van der Waals surface area contributed by atoms with Crippen LogP contribution < -0.4 is 4.46 Å². The Morgan fingerprint density at radius 3 is 2.61 bits per heavy atom. The molecule has 0 bridgehead atoms. The predicted octanol–water partition coefficient (Wildman–Crippen LogP) is 4.45. The molecule has 0 nitrogen and oxygen atoms in total. The third kappa shape index (κ3) is 6.83. The Morgan fingerprint density at radius 1 is 1.17 bits per heavy atom. The third-order valence-electron chi connectivity index (χ3n) is 2.78. The van der Waals surface area contributed by atoms with Gasteiger partial charge in [-0.3, -0.25) is 0 Å². The van der Waals surface area contributed by atoms with Crippen molar-refractivity contribution in [2.75, 3.05) is 0 Å². The summed E-state index contributed by atoms with van der Waals surface area (Å²) in [5.74, 6) is 0. The SMILES string of the molecule is C=CC/C=C(/CCCCCC)[Se]c1ccccc1. The van der Waals surface area contributed by atoms with Crippen molar-refractivity contribution in [1.29, 1.82) is 0 Å². The van der Waals surface area contributed by atoms with Gasteiger partial charge in [0.15, 0.2) is 0 Å². The van der Waals surface area contributed by atoms with Gasteiger partial charge in [-0.2, -0.15) is 0 Å². The number of benzene rings is 1. The summed E-state index contributed by atoms with van der Waals surface area (Å²) in [6, 6.07) is 10.9. The van der Waals surface area contributed by atoms with E-state index in [0.29, 0.717) is 15.0 Å². The molecule has 0 aliphatic carbocycles. The summed E-state index contributed by atoms with van der Waals surface area (Å²) in [4.78, 5) is 0. The molecule has 1 heteroatoms. The van der Waals surface area contributed by atoms with Crippen LogP contribution in [-0.4, -0.2) is 15.0 Å². The van der Waals surface area contributed by atoms with Gasteiger partial charge >= 0.3 is 118 Å². The average Bonchev–Trinajstić information content (AvgIpc) is 2.41. The molecule has 0 heterocycles. The molecule has 18 heavy (non-hydrogen) atoms. The molecule has 0 saturated carbocycles. The molecular formula is C17H24Se. The Kier molecular flexibility index (Phi) is 8.63. The van der Waals surface area contributed by atoms with Gasteiger partial charge in [-0.25, -0.2) is 0 Å². The Balaban J connectivity index is 2.48. The van der Waals surface area contributed by atoms with Gasteiger partial charge in [0, 0.05) is 0 Å². The van der Waals surface area contributed by atoms with Crippen LogP contribution in [0.2, 0.25) is 0 Å². The molecular weight excluding hydrogens is 283 g/mol. The fourth-order valence-electron chi connectivity index (χ4n) is 1.78. The topological polar surface area (TPSA) is 0 Å². The van der Waals surface area contributed by atoms with E-state index in [-0.39, 0.29) is 0 Å². The molecule has 0 aromatic heterocycles. The zero-order valence-electron chi connectivity index (χ0n) is 11.4. The average molecular weight is 307 g/mol. The van der Waals surface area contributed by atoms with E-state index in [1.165, 1.54) is 36.6 Å². The van der Waals surface area contributed by atoms with Crippen molar-refractivity contribution in [2.45, 2.75) is 45.4 Å². The zero-order chi connectivity index (χ0) is 13.1. The van der Waals surface area contributed by atoms with Crippen molar-refractivity contribution in [3.8, 4) is 0 Å². The standard InChI is InChI=1S/C17H24Se/c1-3-5-7-9-13-16(12-6-4-2)18-17-14-10-8-11-15-17/h4,8,10-12,14-15H,2-3,5-7,9,13H2,1H3/b16-12-. The Bertz CT molecular complexity index is 351. The zero-order valence-corrected chi connectivity index (χ0v) is 13.1. The summed E-state index contributed by atoms with van der Waals surface area (Å²) in [7, 11) is 0. The second-order valence-corrected chi connectivity index (χ2v) is 6.94. The van der Waals surface area contributed by atoms with Crippen LogP contribution in [0.1, 0.15) is 45.4 Å². The summed E-state index contributed by atoms with van der Waals surface area (Å²) in [6.45, 7) is 6.08. The molecule has 1 rings (SSSR count). The molecule has 0 atom stereocenters. The molecule has 0 amide bonds. The first kappa shape index (κ1) is 15.3. The van der Waals surface area contributed by atoms with E-state index in [9.17, 15) is 0 Å². The van der Waals surface area contributed by atoms with Gasteiger partial charge in [-0.15, -0.1) is 0 Å². The minimum absolute atomic E-state index is 0.497. The number of unbranched alkanes of at least 4 members (excludes halogenated alkanes) is 3. The predicted molar refractivity (Wildman–Crippen MR) is 83.5 cm³/mol. The Labute approximate surface area is 118 Å². The van der Waals surface area contributed by atoms with Crippen molar-refractivity contribution >= 4 is 19.4 Å². The number of allylic oxidation sites excluding steroid dienone is 3. The molecule has 0 radical (unpaired) electrons. The first-order chi connectivity index (χ1) is 8.86. The van der Waals surface area contributed by atoms with E-state index < -0.39 is 0 Å². The summed E-state index contributed by atoms with van der Waals surface area (Å²) in [5.41, 5.74) is 0. The van der Waals surface area contributed by atoms with E-state index in [0.717, 1.165) is 6.42 Å². The molecule has 0 fully saturated rings. The molecule has 0 unspecified atom stereocenters. The second-order valence-electron chi connectivity index (χ2n) is 4.42. The van der Waals surface area contributed by atoms with Crippen molar-refractivity contribution in [1.82, 2.24) is 0 Å². The van der Waals surface area contributed by atoms with E-state index in [4.69, 9.17) is 0 Å². The van der Waals surface area contributed by atoms with Crippen LogP contribution >= 0.6 is 0 Å². The van der Waals surface area contributed by atoms with Gasteiger partial charge in [0.05, 0.1) is 0 Å². The molecule has 1 aromatic carbocycles. The fourth-order valence-corrected chi connectivity index (χ4v) is 3.92. The second kappa shape index (κ2) is 10.2. The molecule has 0 aliphatic heterocycles. The summed E-state index contributed by atoms with van der Waals surface area (Å²) in [5, 5.41) is 0. The molecule has 98 valence electrons. The Hall–Kier alpha value is -0.781. The van der Waals surface area contributed by atoms with E-state index >= 15 is 0 Å². The summed E-state index contributed by atoms with van der Waals surface area (Å²) in [6.07, 6.45) is 12.0. The summed E-state index contributed by atoms with van der Waals surface area (Å²) >= 11 is 0.497. The van der Waals surface area contributed by atoms with Gasteiger partial charge in [0.1, 0.15) is 0 Å². The van der Waals surface area contributed by atoms with Gasteiger partial charge in [-0.05, 0) is 0 Å². The molecule has 0 spiro atoms. The molecule has 0 aliphatic rings. The third-order valence-corrected chi connectivity index (χ3v) is 5.17. The molecule has 1 aromatic rings. The van der Waals surface area contributed by atoms with Crippen LogP contribution in [0.5, 0.6) is 0 Å². The van der Waals surface area contributed by atoms with Crippen molar-refractivity contribution in [3.63, 3.8) is 0 Å². The number of hydrogen-bond acceptors (Lipinski definition) is 0. The van der Waals surface area contributed by atoms with Gasteiger partial charge in [0.25, 0.3) is 0 Å². The number of hydrogen-bond donors (Lipinski definition) is 0. The normalized spacial score (nSPS) is 11.5. The van der Waals surface area contributed by atoms with Crippen LogP contribution in [0.4, 0.5) is 0 Å². The maximum atomic E-state index is 3.81. The van der Waals surface area contributed by atoms with Gasteiger partial charge in [-0.1, -0.05) is 0 Å². The van der Waals surface area contributed by atoms with Crippen molar-refractivity contribution < 1.29 is 0 Å². The quantitative estimate of drug-likeness (QED) is 0.359. The van der Waals surface area contributed by atoms with Crippen LogP contribution in [-0.2, 0) is 0 Å². The van der Waals surface area contributed by atoms with Gasteiger partial charge < -0.3 is 0 Å². The van der Waals surface area contributed by atoms with Crippen molar-refractivity contribution in [3.05, 3.63) is 53.5 Å². The van der Waals surface area contributed by atoms with Crippen LogP contribution in [0.25, 0.3) is 0 Å². The van der Waals surface area contributed by atoms with E-state index in [1.54, 1.807) is 4.47 Å². The molecule has 0 saturated heterocycles. The van der Waals surface area contributed by atoms with Gasteiger partial charge in [0.2, 0.25) is 0 Å².